The minimum absolute atomic E-state index is 0.164. The van der Waals surface area contributed by atoms with Crippen LogP contribution in [0.3, 0.4) is 0 Å². The summed E-state index contributed by atoms with van der Waals surface area (Å²) in [4.78, 5) is 33.2. The lowest BCUT2D eigenvalue weighted by atomic mass is 9.93. The van der Waals surface area contributed by atoms with Gasteiger partial charge < -0.3 is 9.47 Å². The van der Waals surface area contributed by atoms with E-state index in [0.717, 1.165) is 11.1 Å². The van der Waals surface area contributed by atoms with Crippen molar-refractivity contribution in [1.29, 1.82) is 5.26 Å². The summed E-state index contributed by atoms with van der Waals surface area (Å²) in [5, 5.41) is 10.0. The minimum Gasteiger partial charge on any atom is -0.488 e. The van der Waals surface area contributed by atoms with Gasteiger partial charge in [0, 0.05) is 21.7 Å². The Hall–Kier alpha value is -5.23. The molecule has 9 heteroatoms. The summed E-state index contributed by atoms with van der Waals surface area (Å²) in [7, 11) is 0. The van der Waals surface area contributed by atoms with Gasteiger partial charge in [-0.25, -0.2) is 9.79 Å². The smallest absolute Gasteiger partial charge is 0.338 e. The first-order chi connectivity index (χ1) is 22.0. The predicted octanol–water partition coefficient (Wildman–Crippen LogP) is 6.04. The molecular formula is C36H26ClN3O4S. The second-order valence-corrected chi connectivity index (χ2v) is 11.5. The van der Waals surface area contributed by atoms with E-state index in [0.29, 0.717) is 42.5 Å². The number of aromatic nitrogens is 1. The van der Waals surface area contributed by atoms with Crippen LogP contribution in [0.25, 0.3) is 11.8 Å². The van der Waals surface area contributed by atoms with Crippen molar-refractivity contribution in [1.82, 2.24) is 4.57 Å². The normalized spacial score (nSPS) is 14.3. The highest BCUT2D eigenvalue weighted by Gasteiger charge is 2.35. The Labute approximate surface area is 268 Å². The number of rotatable bonds is 8. The maximum absolute atomic E-state index is 14.2. The van der Waals surface area contributed by atoms with Crippen molar-refractivity contribution in [3.05, 3.63) is 161 Å². The Kier molecular flexibility index (Phi) is 8.74. The van der Waals surface area contributed by atoms with Crippen LogP contribution in [0.5, 0.6) is 5.75 Å². The fourth-order valence-electron chi connectivity index (χ4n) is 5.18. The van der Waals surface area contributed by atoms with Gasteiger partial charge in [0.2, 0.25) is 0 Å². The number of hydrogen-bond donors (Lipinski definition) is 0. The number of carbonyl (C=O) groups is 1. The fourth-order valence-corrected chi connectivity index (χ4v) is 6.30. The number of fused-ring (bicyclic) bond motifs is 1. The summed E-state index contributed by atoms with van der Waals surface area (Å²) in [5.41, 5.74) is 3.82. The third-order valence-corrected chi connectivity index (χ3v) is 8.52. The second kappa shape index (κ2) is 13.2. The lowest BCUT2D eigenvalue weighted by Gasteiger charge is -2.25. The molecule has 5 aromatic rings. The van der Waals surface area contributed by atoms with Crippen molar-refractivity contribution in [3.63, 3.8) is 0 Å². The van der Waals surface area contributed by atoms with Crippen LogP contribution < -0.4 is 19.6 Å². The molecule has 2 heterocycles. The van der Waals surface area contributed by atoms with Crippen LogP contribution in [0.2, 0.25) is 5.02 Å². The van der Waals surface area contributed by atoms with E-state index in [4.69, 9.17) is 26.1 Å². The Morgan fingerprint density at radius 2 is 1.71 bits per heavy atom. The lowest BCUT2D eigenvalue weighted by molar-refractivity contribution is -0.138. The van der Waals surface area contributed by atoms with Gasteiger partial charge in [-0.1, -0.05) is 102 Å². The van der Waals surface area contributed by atoms with Crippen LogP contribution >= 0.6 is 22.9 Å². The number of esters is 1. The van der Waals surface area contributed by atoms with E-state index in [2.05, 4.69) is 6.07 Å². The third kappa shape index (κ3) is 6.09. The summed E-state index contributed by atoms with van der Waals surface area (Å²) >= 11 is 7.46. The van der Waals surface area contributed by atoms with Gasteiger partial charge in [-0.05, 0) is 42.8 Å². The third-order valence-electron chi connectivity index (χ3n) is 7.29. The average Bonchev–Trinajstić information content (AvgIpc) is 3.38. The van der Waals surface area contributed by atoms with Crippen molar-refractivity contribution in [3.8, 4) is 11.8 Å². The summed E-state index contributed by atoms with van der Waals surface area (Å²) in [6, 6.07) is 32.5. The van der Waals surface area contributed by atoms with Gasteiger partial charge >= 0.3 is 5.97 Å². The minimum atomic E-state index is -0.802. The number of benzene rings is 4. The maximum atomic E-state index is 14.2. The SMILES string of the molecule is CCOC(=O)C1=C(c2ccccc2)N=c2s/c(=C\c3ccccc3OCc3ccccc3C#N)c(=O)n2[C@H]1c1ccc(Cl)cc1. The molecule has 1 atom stereocenters. The molecule has 0 amide bonds. The lowest BCUT2D eigenvalue weighted by Crippen LogP contribution is -2.40. The van der Waals surface area contributed by atoms with Crippen LogP contribution in [0.4, 0.5) is 0 Å². The zero-order valence-electron chi connectivity index (χ0n) is 24.1. The van der Waals surface area contributed by atoms with E-state index < -0.39 is 12.0 Å². The number of carbonyl (C=O) groups excluding carboxylic acids is 1. The number of nitrogens with zero attached hydrogens (tertiary/aromatic N) is 3. The zero-order valence-corrected chi connectivity index (χ0v) is 25.7. The number of halogens is 1. The van der Waals surface area contributed by atoms with Crippen LogP contribution in [-0.4, -0.2) is 17.1 Å². The number of thiazole rings is 1. The second-order valence-electron chi connectivity index (χ2n) is 10.1. The van der Waals surface area contributed by atoms with Crippen LogP contribution in [0.1, 0.15) is 40.8 Å². The van der Waals surface area contributed by atoms with Gasteiger partial charge in [-0.3, -0.25) is 9.36 Å². The number of nitriles is 1. The molecular weight excluding hydrogens is 606 g/mol. The summed E-state index contributed by atoms with van der Waals surface area (Å²) in [6.07, 6.45) is 1.77. The van der Waals surface area contributed by atoms with Crippen molar-refractivity contribution >= 4 is 40.7 Å². The molecule has 0 N–H and O–H groups in total. The Morgan fingerprint density at radius 1 is 1.00 bits per heavy atom. The molecule has 0 aliphatic carbocycles. The van der Waals surface area contributed by atoms with Gasteiger partial charge in [0.05, 0.1) is 40.1 Å². The predicted molar refractivity (Wildman–Crippen MR) is 174 cm³/mol. The average molecular weight is 632 g/mol. The quantitative estimate of drug-likeness (QED) is 0.195. The Balaban J connectivity index is 1.52. The summed E-state index contributed by atoms with van der Waals surface area (Å²) < 4.78 is 13.6. The van der Waals surface area contributed by atoms with E-state index in [1.54, 1.807) is 47.9 Å². The van der Waals surface area contributed by atoms with Crippen molar-refractivity contribution < 1.29 is 14.3 Å². The Bertz CT molecular complexity index is 2150. The monoisotopic (exact) mass is 631 g/mol. The molecule has 0 bridgehead atoms. The van der Waals surface area contributed by atoms with E-state index in [-0.39, 0.29) is 24.3 Å². The molecule has 0 saturated carbocycles. The molecule has 1 aromatic heterocycles. The van der Waals surface area contributed by atoms with E-state index in [9.17, 15) is 14.9 Å². The van der Waals surface area contributed by atoms with Crippen molar-refractivity contribution in [2.45, 2.75) is 19.6 Å². The Morgan fingerprint density at radius 3 is 2.47 bits per heavy atom. The first-order valence-electron chi connectivity index (χ1n) is 14.2. The van der Waals surface area contributed by atoms with Crippen molar-refractivity contribution in [2.75, 3.05) is 6.61 Å². The number of ether oxygens (including phenoxy) is 2. The molecule has 0 unspecified atom stereocenters. The molecule has 7 nitrogen and oxygen atoms in total. The van der Waals surface area contributed by atoms with E-state index >= 15 is 0 Å². The standard InChI is InChI=1S/C36H26ClN3O4S/c1-2-43-35(42)31-32(23-10-4-3-5-11-23)39-36-40(33(31)24-16-18-28(37)19-17-24)34(41)30(45-36)20-25-12-8-9-15-29(25)44-22-27-14-7-6-13-26(27)21-38/h3-20,33H,2,22H2,1H3/b30-20-/t33-/m0/s1. The number of para-hydroxylation sites is 1. The molecule has 1 aliphatic heterocycles. The first kappa shape index (κ1) is 29.8. The summed E-state index contributed by atoms with van der Waals surface area (Å²) in [5.74, 6) is 0.00763. The van der Waals surface area contributed by atoms with Crippen LogP contribution in [0, 0.1) is 11.3 Å². The molecule has 222 valence electrons. The van der Waals surface area contributed by atoms with Gasteiger partial charge in [0.25, 0.3) is 5.56 Å². The molecule has 6 rings (SSSR count). The molecule has 45 heavy (non-hydrogen) atoms. The van der Waals surface area contributed by atoms with Gasteiger partial charge in [-0.2, -0.15) is 5.26 Å². The topological polar surface area (TPSA) is 93.7 Å². The van der Waals surface area contributed by atoms with Gasteiger partial charge in [-0.15, -0.1) is 0 Å². The molecule has 0 fully saturated rings. The maximum Gasteiger partial charge on any atom is 0.338 e. The largest absolute Gasteiger partial charge is 0.488 e. The van der Waals surface area contributed by atoms with Gasteiger partial charge in [0.15, 0.2) is 4.80 Å². The van der Waals surface area contributed by atoms with E-state index in [1.165, 1.54) is 11.3 Å². The summed E-state index contributed by atoms with van der Waals surface area (Å²) in [6.45, 7) is 2.10. The molecule has 1 aliphatic rings. The zero-order chi connectivity index (χ0) is 31.3. The highest BCUT2D eigenvalue weighted by molar-refractivity contribution is 7.07. The molecule has 4 aromatic carbocycles. The highest BCUT2D eigenvalue weighted by Crippen LogP contribution is 2.35. The van der Waals surface area contributed by atoms with Crippen molar-refractivity contribution in [2.24, 2.45) is 4.99 Å². The fraction of sp³-hybridized carbons (Fsp3) is 0.111. The van der Waals surface area contributed by atoms with E-state index in [1.807, 2.05) is 72.8 Å². The van der Waals surface area contributed by atoms with Crippen LogP contribution in [0.15, 0.2) is 118 Å². The highest BCUT2D eigenvalue weighted by atomic mass is 35.5. The molecule has 0 radical (unpaired) electrons. The molecule has 0 spiro atoms. The van der Waals surface area contributed by atoms with Crippen LogP contribution in [-0.2, 0) is 16.1 Å². The van der Waals surface area contributed by atoms with Gasteiger partial charge in [0.1, 0.15) is 12.4 Å². The number of hydrogen-bond acceptors (Lipinski definition) is 7. The first-order valence-corrected chi connectivity index (χ1v) is 15.4. The molecule has 0 saturated heterocycles.